The van der Waals surface area contributed by atoms with E-state index in [-0.39, 0.29) is 17.9 Å². The molecule has 2 aliphatic heterocycles. The van der Waals surface area contributed by atoms with E-state index in [1.165, 1.54) is 0 Å². The number of piperazine rings is 2. The van der Waals surface area contributed by atoms with Gasteiger partial charge in [-0.25, -0.2) is 0 Å². The van der Waals surface area contributed by atoms with E-state index in [0.29, 0.717) is 25.6 Å². The molecule has 5 heteroatoms. The number of nitrogens with one attached hydrogen (secondary N) is 1. The van der Waals surface area contributed by atoms with Crippen molar-refractivity contribution in [1.29, 1.82) is 0 Å². The summed E-state index contributed by atoms with van der Waals surface area (Å²) < 4.78 is 0. The Morgan fingerprint density at radius 2 is 2.18 bits per heavy atom. The van der Waals surface area contributed by atoms with Gasteiger partial charge in [-0.3, -0.25) is 9.59 Å². The monoisotopic (exact) mass is 239 g/mol. The van der Waals surface area contributed by atoms with Gasteiger partial charge in [0, 0.05) is 32.7 Å². The van der Waals surface area contributed by atoms with E-state index < -0.39 is 0 Å². The molecule has 0 saturated carbocycles. The molecule has 5 nitrogen and oxygen atoms in total. The molecule has 2 unspecified atom stereocenters. The lowest BCUT2D eigenvalue weighted by Crippen LogP contribution is -2.66. The van der Waals surface area contributed by atoms with Crippen LogP contribution in [0.2, 0.25) is 0 Å². The molecule has 2 aliphatic rings. The molecular formula is C12H21N3O2. The fourth-order valence-corrected chi connectivity index (χ4v) is 2.45. The lowest BCUT2D eigenvalue weighted by molar-refractivity contribution is -0.160. The highest BCUT2D eigenvalue weighted by Crippen LogP contribution is 2.16. The van der Waals surface area contributed by atoms with Crippen LogP contribution in [-0.4, -0.2) is 60.4 Å². The number of rotatable bonds is 3. The number of hydrogen-bond donors (Lipinski definition) is 1. The topological polar surface area (TPSA) is 52.6 Å². The van der Waals surface area contributed by atoms with Gasteiger partial charge >= 0.3 is 11.8 Å². The van der Waals surface area contributed by atoms with Crippen molar-refractivity contribution in [3.8, 4) is 0 Å². The van der Waals surface area contributed by atoms with Crippen molar-refractivity contribution in [2.24, 2.45) is 5.92 Å². The van der Waals surface area contributed by atoms with Crippen LogP contribution in [0, 0.1) is 5.92 Å². The number of fused-ring (bicyclic) bond motifs is 1. The van der Waals surface area contributed by atoms with Gasteiger partial charge in [0.25, 0.3) is 0 Å². The van der Waals surface area contributed by atoms with E-state index in [9.17, 15) is 9.59 Å². The number of amides is 2. The van der Waals surface area contributed by atoms with Crippen LogP contribution in [0.4, 0.5) is 0 Å². The van der Waals surface area contributed by atoms with Crippen LogP contribution in [0.5, 0.6) is 0 Å². The number of nitrogens with zero attached hydrogens (tertiary/aromatic N) is 2. The zero-order valence-corrected chi connectivity index (χ0v) is 10.6. The molecule has 0 aromatic rings. The standard InChI is InChI=1S/C12H21N3O2/c1-3-9(2)7-14-8-10-6-13-4-5-15(10)12(17)11(14)16/h9-10,13H,3-8H2,1-2H3. The summed E-state index contributed by atoms with van der Waals surface area (Å²) in [5, 5.41) is 3.28. The normalized spacial score (nSPS) is 27.1. The van der Waals surface area contributed by atoms with Crippen molar-refractivity contribution in [2.75, 3.05) is 32.7 Å². The summed E-state index contributed by atoms with van der Waals surface area (Å²) in [7, 11) is 0. The smallest absolute Gasteiger partial charge is 0.312 e. The molecule has 1 N–H and O–H groups in total. The fourth-order valence-electron chi connectivity index (χ4n) is 2.45. The van der Waals surface area contributed by atoms with Crippen LogP contribution >= 0.6 is 0 Å². The Hall–Kier alpha value is -1.10. The minimum atomic E-state index is -0.316. The summed E-state index contributed by atoms with van der Waals surface area (Å²) in [6.07, 6.45) is 1.03. The Bertz CT molecular complexity index is 319. The maximum absolute atomic E-state index is 11.9. The van der Waals surface area contributed by atoms with E-state index in [2.05, 4.69) is 19.2 Å². The highest BCUT2D eigenvalue weighted by molar-refractivity contribution is 6.35. The van der Waals surface area contributed by atoms with E-state index >= 15 is 0 Å². The van der Waals surface area contributed by atoms with Crippen LogP contribution < -0.4 is 5.32 Å². The molecule has 2 amide bonds. The second-order valence-corrected chi connectivity index (χ2v) is 5.08. The molecule has 0 aromatic heterocycles. The van der Waals surface area contributed by atoms with Gasteiger partial charge in [-0.05, 0) is 5.92 Å². The van der Waals surface area contributed by atoms with Crippen molar-refractivity contribution in [2.45, 2.75) is 26.3 Å². The van der Waals surface area contributed by atoms with E-state index in [1.54, 1.807) is 9.80 Å². The van der Waals surface area contributed by atoms with Gasteiger partial charge in [0.15, 0.2) is 0 Å². The van der Waals surface area contributed by atoms with Gasteiger partial charge < -0.3 is 15.1 Å². The summed E-state index contributed by atoms with van der Waals surface area (Å²) in [5.41, 5.74) is 0. The average Bonchev–Trinajstić information content (AvgIpc) is 2.35. The third-order valence-electron chi connectivity index (χ3n) is 3.74. The highest BCUT2D eigenvalue weighted by Gasteiger charge is 2.39. The molecular weight excluding hydrogens is 218 g/mol. The van der Waals surface area contributed by atoms with Gasteiger partial charge in [-0.2, -0.15) is 0 Å². The minimum absolute atomic E-state index is 0.165. The molecule has 2 saturated heterocycles. The average molecular weight is 239 g/mol. The van der Waals surface area contributed by atoms with Crippen molar-refractivity contribution in [3.05, 3.63) is 0 Å². The summed E-state index contributed by atoms with van der Waals surface area (Å²) in [4.78, 5) is 27.3. The molecule has 2 heterocycles. The minimum Gasteiger partial charge on any atom is -0.332 e. The van der Waals surface area contributed by atoms with Gasteiger partial charge in [0.05, 0.1) is 6.04 Å². The van der Waals surface area contributed by atoms with Crippen molar-refractivity contribution in [3.63, 3.8) is 0 Å². The van der Waals surface area contributed by atoms with E-state index in [4.69, 9.17) is 0 Å². The molecule has 96 valence electrons. The first-order chi connectivity index (χ1) is 8.13. The summed E-state index contributed by atoms with van der Waals surface area (Å²) in [6, 6.07) is 0.165. The first-order valence-corrected chi connectivity index (χ1v) is 6.44. The van der Waals surface area contributed by atoms with Crippen LogP contribution in [0.1, 0.15) is 20.3 Å². The number of carbonyl (C=O) groups is 2. The lowest BCUT2D eigenvalue weighted by Gasteiger charge is -2.43. The molecule has 2 rings (SSSR count). The number of carbonyl (C=O) groups excluding carboxylic acids is 2. The van der Waals surface area contributed by atoms with Gasteiger partial charge in [0.1, 0.15) is 0 Å². The second kappa shape index (κ2) is 5.04. The van der Waals surface area contributed by atoms with E-state index in [1.807, 2.05) is 0 Å². The SMILES string of the molecule is CCC(C)CN1CC2CNCCN2C(=O)C1=O. The zero-order valence-electron chi connectivity index (χ0n) is 10.6. The number of hydrogen-bond acceptors (Lipinski definition) is 3. The van der Waals surface area contributed by atoms with Crippen molar-refractivity contribution < 1.29 is 9.59 Å². The van der Waals surface area contributed by atoms with Crippen LogP contribution in [0.3, 0.4) is 0 Å². The molecule has 2 fully saturated rings. The molecule has 2 atom stereocenters. The molecule has 0 bridgehead atoms. The predicted molar refractivity (Wildman–Crippen MR) is 64.4 cm³/mol. The van der Waals surface area contributed by atoms with Gasteiger partial charge in [0.2, 0.25) is 0 Å². The van der Waals surface area contributed by atoms with E-state index in [0.717, 1.165) is 19.5 Å². The van der Waals surface area contributed by atoms with Gasteiger partial charge in [-0.15, -0.1) is 0 Å². The van der Waals surface area contributed by atoms with Crippen LogP contribution in [0.25, 0.3) is 0 Å². The maximum Gasteiger partial charge on any atom is 0.312 e. The Labute approximate surface area is 102 Å². The Morgan fingerprint density at radius 3 is 2.88 bits per heavy atom. The Balaban J connectivity index is 2.05. The van der Waals surface area contributed by atoms with Crippen LogP contribution in [0.15, 0.2) is 0 Å². The fraction of sp³-hybridized carbons (Fsp3) is 0.833. The first kappa shape index (κ1) is 12.4. The zero-order chi connectivity index (χ0) is 12.4. The third-order valence-corrected chi connectivity index (χ3v) is 3.74. The molecule has 0 aliphatic carbocycles. The van der Waals surface area contributed by atoms with Crippen LogP contribution in [-0.2, 0) is 9.59 Å². The van der Waals surface area contributed by atoms with Crippen molar-refractivity contribution in [1.82, 2.24) is 15.1 Å². The third kappa shape index (κ3) is 2.44. The van der Waals surface area contributed by atoms with Gasteiger partial charge in [-0.1, -0.05) is 20.3 Å². The Morgan fingerprint density at radius 1 is 1.41 bits per heavy atom. The highest BCUT2D eigenvalue weighted by atomic mass is 16.2. The lowest BCUT2D eigenvalue weighted by atomic mass is 10.0. The first-order valence-electron chi connectivity index (χ1n) is 6.44. The molecule has 0 aromatic carbocycles. The summed E-state index contributed by atoms with van der Waals surface area (Å²) in [6.45, 7) is 7.86. The molecule has 0 radical (unpaired) electrons. The quantitative estimate of drug-likeness (QED) is 0.686. The largest absolute Gasteiger partial charge is 0.332 e. The Kier molecular flexibility index (Phi) is 3.66. The second-order valence-electron chi connectivity index (χ2n) is 5.08. The predicted octanol–water partition coefficient (Wildman–Crippen LogP) is -0.325. The molecule has 17 heavy (non-hydrogen) atoms. The maximum atomic E-state index is 11.9. The molecule has 0 spiro atoms. The van der Waals surface area contributed by atoms with Crippen molar-refractivity contribution >= 4 is 11.8 Å². The summed E-state index contributed by atoms with van der Waals surface area (Å²) in [5.74, 6) is -0.177. The summed E-state index contributed by atoms with van der Waals surface area (Å²) >= 11 is 0.